The van der Waals surface area contributed by atoms with Crippen LogP contribution in [0.2, 0.25) is 0 Å². The van der Waals surface area contributed by atoms with Crippen LogP contribution in [0.25, 0.3) is 0 Å². The fourth-order valence-corrected chi connectivity index (χ4v) is 3.06. The SMILES string of the molecule is CC(C)N1C(=O)CC(C(C)(C)N2C(=O)C=CC2=O)CC1=O. The van der Waals surface area contributed by atoms with Gasteiger partial charge in [0.1, 0.15) is 0 Å². The van der Waals surface area contributed by atoms with Crippen molar-refractivity contribution >= 4 is 23.6 Å². The highest BCUT2D eigenvalue weighted by atomic mass is 16.2. The van der Waals surface area contributed by atoms with Gasteiger partial charge in [0, 0.05) is 36.6 Å². The molecule has 0 aromatic heterocycles. The summed E-state index contributed by atoms with van der Waals surface area (Å²) in [5, 5.41) is 0. The lowest BCUT2D eigenvalue weighted by Crippen LogP contribution is -2.57. The lowest BCUT2D eigenvalue weighted by atomic mass is 9.78. The van der Waals surface area contributed by atoms with Gasteiger partial charge in [-0.05, 0) is 33.6 Å². The zero-order valence-corrected chi connectivity index (χ0v) is 12.8. The summed E-state index contributed by atoms with van der Waals surface area (Å²) in [6.07, 6.45) is 2.76. The summed E-state index contributed by atoms with van der Waals surface area (Å²) >= 11 is 0. The molecule has 4 amide bonds. The Labute approximate surface area is 123 Å². The second-order valence-corrected chi connectivity index (χ2v) is 6.36. The van der Waals surface area contributed by atoms with Crippen molar-refractivity contribution in [1.82, 2.24) is 9.80 Å². The summed E-state index contributed by atoms with van der Waals surface area (Å²) in [6.45, 7) is 7.04. The van der Waals surface area contributed by atoms with E-state index in [-0.39, 0.29) is 36.6 Å². The fourth-order valence-electron chi connectivity index (χ4n) is 3.06. The molecule has 21 heavy (non-hydrogen) atoms. The smallest absolute Gasteiger partial charge is 0.254 e. The number of rotatable bonds is 3. The average molecular weight is 292 g/mol. The summed E-state index contributed by atoms with van der Waals surface area (Å²) in [4.78, 5) is 50.5. The van der Waals surface area contributed by atoms with E-state index in [4.69, 9.17) is 0 Å². The molecule has 6 nitrogen and oxygen atoms in total. The van der Waals surface area contributed by atoms with Gasteiger partial charge in [0.15, 0.2) is 0 Å². The van der Waals surface area contributed by atoms with Gasteiger partial charge in [-0.2, -0.15) is 0 Å². The molecule has 0 bridgehead atoms. The first-order valence-corrected chi connectivity index (χ1v) is 7.07. The van der Waals surface area contributed by atoms with E-state index in [1.807, 2.05) is 0 Å². The van der Waals surface area contributed by atoms with E-state index >= 15 is 0 Å². The summed E-state index contributed by atoms with van der Waals surface area (Å²) in [5.41, 5.74) is -0.869. The van der Waals surface area contributed by atoms with Crippen LogP contribution in [0.1, 0.15) is 40.5 Å². The third-order valence-electron chi connectivity index (χ3n) is 4.28. The number of hydrogen-bond acceptors (Lipinski definition) is 4. The van der Waals surface area contributed by atoms with Gasteiger partial charge in [-0.1, -0.05) is 0 Å². The number of piperidine rings is 1. The van der Waals surface area contributed by atoms with E-state index in [1.165, 1.54) is 17.1 Å². The van der Waals surface area contributed by atoms with Gasteiger partial charge in [-0.3, -0.25) is 29.0 Å². The molecule has 0 unspecified atom stereocenters. The molecule has 0 aliphatic carbocycles. The lowest BCUT2D eigenvalue weighted by molar-refractivity contribution is -0.159. The maximum absolute atomic E-state index is 12.2. The van der Waals surface area contributed by atoms with E-state index in [0.717, 1.165) is 4.90 Å². The van der Waals surface area contributed by atoms with Crippen molar-refractivity contribution < 1.29 is 19.2 Å². The molecule has 0 radical (unpaired) electrons. The van der Waals surface area contributed by atoms with Crippen molar-refractivity contribution in [3.05, 3.63) is 12.2 Å². The minimum atomic E-state index is -0.869. The van der Waals surface area contributed by atoms with E-state index < -0.39 is 17.4 Å². The van der Waals surface area contributed by atoms with E-state index in [1.54, 1.807) is 27.7 Å². The quantitative estimate of drug-likeness (QED) is 0.723. The molecule has 2 rings (SSSR count). The molecule has 2 heterocycles. The summed E-state index contributed by atoms with van der Waals surface area (Å²) in [5.74, 6) is -1.63. The second kappa shape index (κ2) is 5.09. The minimum absolute atomic E-state index is 0.161. The Morgan fingerprint density at radius 2 is 1.43 bits per heavy atom. The zero-order chi connectivity index (χ0) is 15.9. The molecule has 0 atom stereocenters. The van der Waals surface area contributed by atoms with Crippen LogP contribution in [0.5, 0.6) is 0 Å². The first-order valence-electron chi connectivity index (χ1n) is 7.07. The highest BCUT2D eigenvalue weighted by Crippen LogP contribution is 2.36. The van der Waals surface area contributed by atoms with E-state index in [0.29, 0.717) is 0 Å². The largest absolute Gasteiger partial charge is 0.280 e. The predicted molar refractivity (Wildman–Crippen MR) is 74.8 cm³/mol. The van der Waals surface area contributed by atoms with Crippen molar-refractivity contribution in [1.29, 1.82) is 0 Å². The third kappa shape index (κ3) is 2.50. The normalized spacial score (nSPS) is 21.2. The van der Waals surface area contributed by atoms with Gasteiger partial charge < -0.3 is 0 Å². The first kappa shape index (κ1) is 15.4. The molecular weight excluding hydrogens is 272 g/mol. The number of carbonyl (C=O) groups is 4. The van der Waals surface area contributed by atoms with E-state index in [2.05, 4.69) is 0 Å². The van der Waals surface area contributed by atoms with Crippen molar-refractivity contribution in [2.45, 2.75) is 52.1 Å². The number of hydrogen-bond donors (Lipinski definition) is 0. The highest BCUT2D eigenvalue weighted by molar-refractivity contribution is 6.13. The van der Waals surface area contributed by atoms with Crippen LogP contribution in [0, 0.1) is 5.92 Å². The number of amides is 4. The highest BCUT2D eigenvalue weighted by Gasteiger charge is 2.47. The standard InChI is InChI=1S/C15H20N2O4/c1-9(2)16-13(20)7-10(8-14(16)21)15(3,4)17-11(18)5-6-12(17)19/h5-6,9-10H,7-8H2,1-4H3. The van der Waals surface area contributed by atoms with Gasteiger partial charge in [0.05, 0.1) is 0 Å². The first-order chi connectivity index (χ1) is 9.66. The molecule has 114 valence electrons. The molecular formula is C15H20N2O4. The van der Waals surface area contributed by atoms with Crippen LogP contribution in [0.4, 0.5) is 0 Å². The fraction of sp³-hybridized carbons (Fsp3) is 0.600. The molecule has 0 spiro atoms. The number of imide groups is 2. The Hall–Kier alpha value is -1.98. The van der Waals surface area contributed by atoms with Crippen molar-refractivity contribution in [2.75, 3.05) is 0 Å². The lowest BCUT2D eigenvalue weighted by Gasteiger charge is -2.44. The van der Waals surface area contributed by atoms with Crippen LogP contribution in [0.3, 0.4) is 0 Å². The number of nitrogens with zero attached hydrogens (tertiary/aromatic N) is 2. The Bertz CT molecular complexity index is 512. The van der Waals surface area contributed by atoms with Crippen LogP contribution >= 0.6 is 0 Å². The number of likely N-dealkylation sites (tertiary alicyclic amines) is 1. The average Bonchev–Trinajstić information content (AvgIpc) is 2.67. The molecule has 1 fully saturated rings. The maximum atomic E-state index is 12.2. The predicted octanol–water partition coefficient (Wildman–Crippen LogP) is 0.864. The van der Waals surface area contributed by atoms with Gasteiger partial charge in [0.25, 0.3) is 11.8 Å². The van der Waals surface area contributed by atoms with E-state index in [9.17, 15) is 19.2 Å². The maximum Gasteiger partial charge on any atom is 0.254 e. The topological polar surface area (TPSA) is 74.8 Å². The Kier molecular flexibility index (Phi) is 3.74. The second-order valence-electron chi connectivity index (χ2n) is 6.36. The minimum Gasteiger partial charge on any atom is -0.280 e. The van der Waals surface area contributed by atoms with Crippen LogP contribution in [-0.4, -0.2) is 45.0 Å². The molecule has 6 heteroatoms. The van der Waals surface area contributed by atoms with Crippen molar-refractivity contribution in [2.24, 2.45) is 5.92 Å². The summed E-state index contributed by atoms with van der Waals surface area (Å²) < 4.78 is 0. The Morgan fingerprint density at radius 3 is 1.81 bits per heavy atom. The molecule has 0 N–H and O–H groups in total. The summed E-state index contributed by atoms with van der Waals surface area (Å²) in [7, 11) is 0. The molecule has 0 aromatic carbocycles. The van der Waals surface area contributed by atoms with Crippen molar-refractivity contribution in [3.63, 3.8) is 0 Å². The Balaban J connectivity index is 2.23. The monoisotopic (exact) mass is 292 g/mol. The number of carbonyl (C=O) groups excluding carboxylic acids is 4. The van der Waals surface area contributed by atoms with Gasteiger partial charge in [0.2, 0.25) is 11.8 Å². The van der Waals surface area contributed by atoms with Crippen LogP contribution in [-0.2, 0) is 19.2 Å². The van der Waals surface area contributed by atoms with Gasteiger partial charge >= 0.3 is 0 Å². The molecule has 0 aromatic rings. The third-order valence-corrected chi connectivity index (χ3v) is 4.28. The molecule has 2 aliphatic heterocycles. The molecule has 1 saturated heterocycles. The van der Waals surface area contributed by atoms with Crippen LogP contribution in [0.15, 0.2) is 12.2 Å². The van der Waals surface area contributed by atoms with Gasteiger partial charge in [-0.15, -0.1) is 0 Å². The molecule has 2 aliphatic rings. The zero-order valence-electron chi connectivity index (χ0n) is 12.8. The molecule has 0 saturated carbocycles. The van der Waals surface area contributed by atoms with Crippen molar-refractivity contribution in [3.8, 4) is 0 Å². The van der Waals surface area contributed by atoms with Gasteiger partial charge in [-0.25, -0.2) is 0 Å². The summed E-state index contributed by atoms with van der Waals surface area (Å²) in [6, 6.07) is -0.175. The Morgan fingerprint density at radius 1 is 1.00 bits per heavy atom. The van der Waals surface area contributed by atoms with Crippen LogP contribution < -0.4 is 0 Å².